The third-order valence-electron chi connectivity index (χ3n) is 5.52. The van der Waals surface area contributed by atoms with Crippen molar-refractivity contribution >= 4 is 34.9 Å². The van der Waals surface area contributed by atoms with Gasteiger partial charge in [0.05, 0.1) is 25.6 Å². The standard InChI is InChI=1S/C25H28ClN5O5/c1-16(32)28-20(18-10-6-7-11-19(18)26)14-21(33)30(12-13-36-2)22-23(27)31(25(35)29-24(22)34)15-17-8-4-3-5-9-17/h3-11,20H,12-15,27H2,1-2H3,(H,28,32)(H,29,34,35)/t20-/m1/s1. The Kier molecular flexibility index (Phi) is 9.04. The van der Waals surface area contributed by atoms with Gasteiger partial charge in [-0.3, -0.25) is 23.9 Å². The molecule has 0 unspecified atom stereocenters. The molecule has 11 heteroatoms. The number of carbonyl (C=O) groups excluding carboxylic acids is 2. The zero-order valence-electron chi connectivity index (χ0n) is 20.0. The summed E-state index contributed by atoms with van der Waals surface area (Å²) in [5.74, 6) is -1.04. The summed E-state index contributed by atoms with van der Waals surface area (Å²) in [6, 6.07) is 15.2. The van der Waals surface area contributed by atoms with Crippen molar-refractivity contribution in [1.29, 1.82) is 0 Å². The van der Waals surface area contributed by atoms with Crippen LogP contribution in [0.3, 0.4) is 0 Å². The lowest BCUT2D eigenvalue weighted by Crippen LogP contribution is -2.44. The second kappa shape index (κ2) is 12.2. The molecule has 2 aromatic carbocycles. The average molecular weight is 514 g/mol. The van der Waals surface area contributed by atoms with E-state index in [0.717, 1.165) is 5.56 Å². The van der Waals surface area contributed by atoms with Gasteiger partial charge in [-0.1, -0.05) is 60.1 Å². The Balaban J connectivity index is 2.03. The van der Waals surface area contributed by atoms with Gasteiger partial charge in [0.1, 0.15) is 5.82 Å². The Morgan fingerprint density at radius 3 is 2.44 bits per heavy atom. The number of benzene rings is 2. The highest BCUT2D eigenvalue weighted by molar-refractivity contribution is 6.31. The number of methoxy groups -OCH3 is 1. The van der Waals surface area contributed by atoms with E-state index >= 15 is 0 Å². The highest BCUT2D eigenvalue weighted by Gasteiger charge is 2.28. The zero-order valence-corrected chi connectivity index (χ0v) is 20.7. The van der Waals surface area contributed by atoms with Gasteiger partial charge < -0.3 is 20.7 Å². The molecule has 3 aromatic rings. The van der Waals surface area contributed by atoms with E-state index in [-0.39, 0.29) is 43.5 Å². The van der Waals surface area contributed by atoms with E-state index in [1.165, 1.54) is 23.5 Å². The minimum atomic E-state index is -0.805. The molecule has 2 amide bonds. The molecule has 36 heavy (non-hydrogen) atoms. The van der Waals surface area contributed by atoms with Crippen LogP contribution in [0, 0.1) is 0 Å². The summed E-state index contributed by atoms with van der Waals surface area (Å²) in [7, 11) is 1.45. The molecule has 4 N–H and O–H groups in total. The summed E-state index contributed by atoms with van der Waals surface area (Å²) in [4.78, 5) is 54.3. The van der Waals surface area contributed by atoms with Gasteiger partial charge >= 0.3 is 5.69 Å². The van der Waals surface area contributed by atoms with E-state index in [1.807, 2.05) is 30.3 Å². The number of anilines is 2. The van der Waals surface area contributed by atoms with Gasteiger partial charge in [0.2, 0.25) is 11.8 Å². The van der Waals surface area contributed by atoms with Crippen LogP contribution in [0.1, 0.15) is 30.5 Å². The molecule has 0 aliphatic heterocycles. The van der Waals surface area contributed by atoms with Crippen LogP contribution in [0.5, 0.6) is 0 Å². The molecule has 0 aliphatic carbocycles. The van der Waals surface area contributed by atoms with Crippen LogP contribution in [0.4, 0.5) is 11.5 Å². The molecule has 1 atom stereocenters. The van der Waals surface area contributed by atoms with E-state index in [9.17, 15) is 19.2 Å². The van der Waals surface area contributed by atoms with E-state index in [0.29, 0.717) is 10.6 Å². The van der Waals surface area contributed by atoms with Crippen LogP contribution < -0.4 is 27.2 Å². The van der Waals surface area contributed by atoms with E-state index in [4.69, 9.17) is 22.1 Å². The summed E-state index contributed by atoms with van der Waals surface area (Å²) in [6.45, 7) is 1.51. The van der Waals surface area contributed by atoms with Crippen molar-refractivity contribution in [3.8, 4) is 0 Å². The van der Waals surface area contributed by atoms with Crippen molar-refractivity contribution in [2.24, 2.45) is 0 Å². The van der Waals surface area contributed by atoms with Crippen LogP contribution in [0.2, 0.25) is 5.02 Å². The third kappa shape index (κ3) is 6.41. The van der Waals surface area contributed by atoms with Crippen molar-refractivity contribution in [3.63, 3.8) is 0 Å². The van der Waals surface area contributed by atoms with Gasteiger partial charge in [0, 0.05) is 25.6 Å². The van der Waals surface area contributed by atoms with Crippen LogP contribution >= 0.6 is 11.6 Å². The number of hydrogen-bond acceptors (Lipinski definition) is 6. The maximum Gasteiger partial charge on any atom is 0.330 e. The number of nitrogen functional groups attached to an aromatic ring is 1. The van der Waals surface area contributed by atoms with Gasteiger partial charge in [-0.05, 0) is 17.2 Å². The third-order valence-corrected chi connectivity index (χ3v) is 5.87. The van der Waals surface area contributed by atoms with E-state index in [1.54, 1.807) is 24.3 Å². The first kappa shape index (κ1) is 26.7. The molecule has 0 bridgehead atoms. The SMILES string of the molecule is COCCN(C(=O)C[C@@H](NC(C)=O)c1ccccc1Cl)c1c(N)n(Cc2ccccc2)c(=O)[nH]c1=O. The number of nitrogens with one attached hydrogen (secondary N) is 2. The van der Waals surface area contributed by atoms with Gasteiger partial charge in [-0.15, -0.1) is 0 Å². The fourth-order valence-electron chi connectivity index (χ4n) is 3.83. The number of amides is 2. The maximum absolute atomic E-state index is 13.6. The Labute approximate surface area is 212 Å². The number of ether oxygens (including phenoxy) is 1. The van der Waals surface area contributed by atoms with Gasteiger partial charge in [0.25, 0.3) is 5.56 Å². The highest BCUT2D eigenvalue weighted by Crippen LogP contribution is 2.27. The largest absolute Gasteiger partial charge is 0.383 e. The molecular formula is C25H28ClN5O5. The number of rotatable bonds is 10. The first-order chi connectivity index (χ1) is 17.2. The van der Waals surface area contributed by atoms with Crippen LogP contribution in [-0.4, -0.2) is 41.6 Å². The van der Waals surface area contributed by atoms with Crippen molar-refractivity contribution in [3.05, 3.63) is 91.6 Å². The first-order valence-corrected chi connectivity index (χ1v) is 11.6. The lowest BCUT2D eigenvalue weighted by molar-refractivity contribution is -0.121. The summed E-state index contributed by atoms with van der Waals surface area (Å²) < 4.78 is 6.33. The van der Waals surface area contributed by atoms with Crippen molar-refractivity contribution in [1.82, 2.24) is 14.9 Å². The number of nitrogens with two attached hydrogens (primary N) is 1. The van der Waals surface area contributed by atoms with Gasteiger partial charge in [0.15, 0.2) is 5.69 Å². The zero-order chi connectivity index (χ0) is 26.2. The lowest BCUT2D eigenvalue weighted by atomic mass is 10.0. The quantitative estimate of drug-likeness (QED) is 0.379. The Morgan fingerprint density at radius 2 is 1.81 bits per heavy atom. The maximum atomic E-state index is 13.6. The van der Waals surface area contributed by atoms with Crippen molar-refractivity contribution in [2.75, 3.05) is 30.9 Å². The summed E-state index contributed by atoms with van der Waals surface area (Å²) in [5, 5.41) is 3.11. The molecule has 0 radical (unpaired) electrons. The lowest BCUT2D eigenvalue weighted by Gasteiger charge is -2.27. The molecule has 0 fully saturated rings. The van der Waals surface area contributed by atoms with Crippen LogP contribution in [0.15, 0.2) is 64.2 Å². The average Bonchev–Trinajstić information content (AvgIpc) is 2.84. The number of H-pyrrole nitrogens is 1. The Hall–Kier alpha value is -3.89. The highest BCUT2D eigenvalue weighted by atomic mass is 35.5. The molecule has 0 saturated carbocycles. The molecule has 0 spiro atoms. The smallest absolute Gasteiger partial charge is 0.330 e. The molecule has 3 rings (SSSR count). The van der Waals surface area contributed by atoms with E-state index in [2.05, 4.69) is 10.3 Å². The molecule has 1 aromatic heterocycles. The molecule has 0 aliphatic rings. The minimum absolute atomic E-state index is 0.0124. The second-order valence-electron chi connectivity index (χ2n) is 8.08. The summed E-state index contributed by atoms with van der Waals surface area (Å²) >= 11 is 6.32. The summed E-state index contributed by atoms with van der Waals surface area (Å²) in [5.41, 5.74) is 5.96. The topological polar surface area (TPSA) is 140 Å². The number of carbonyl (C=O) groups is 2. The predicted octanol–water partition coefficient (Wildman–Crippen LogP) is 2.07. The first-order valence-electron chi connectivity index (χ1n) is 11.2. The number of aromatic nitrogens is 2. The summed E-state index contributed by atoms with van der Waals surface area (Å²) in [6.07, 6.45) is -0.219. The van der Waals surface area contributed by atoms with E-state index < -0.39 is 23.2 Å². The number of halogens is 1. The van der Waals surface area contributed by atoms with Gasteiger partial charge in [-0.25, -0.2) is 4.79 Å². The monoisotopic (exact) mass is 513 g/mol. The minimum Gasteiger partial charge on any atom is -0.383 e. The fourth-order valence-corrected chi connectivity index (χ4v) is 4.10. The Bertz CT molecular complexity index is 1340. The molecule has 10 nitrogen and oxygen atoms in total. The normalized spacial score (nSPS) is 11.6. The fraction of sp³-hybridized carbons (Fsp3) is 0.280. The van der Waals surface area contributed by atoms with Gasteiger partial charge in [-0.2, -0.15) is 0 Å². The predicted molar refractivity (Wildman–Crippen MR) is 138 cm³/mol. The molecule has 0 saturated heterocycles. The molecular weight excluding hydrogens is 486 g/mol. The molecule has 1 heterocycles. The van der Waals surface area contributed by atoms with Crippen LogP contribution in [0.25, 0.3) is 0 Å². The second-order valence-corrected chi connectivity index (χ2v) is 8.49. The van der Waals surface area contributed by atoms with Crippen LogP contribution in [-0.2, 0) is 20.9 Å². The Morgan fingerprint density at radius 1 is 1.14 bits per heavy atom. The van der Waals surface area contributed by atoms with Crippen molar-refractivity contribution in [2.45, 2.75) is 25.9 Å². The number of nitrogens with zero attached hydrogens (tertiary/aromatic N) is 2. The van der Waals surface area contributed by atoms with Crippen molar-refractivity contribution < 1.29 is 14.3 Å². The molecule has 190 valence electrons. The number of hydrogen-bond donors (Lipinski definition) is 3. The number of aromatic amines is 1.